The summed E-state index contributed by atoms with van der Waals surface area (Å²) < 4.78 is 27.4. The van der Waals surface area contributed by atoms with Crippen LogP contribution in [0.15, 0.2) is 88.2 Å². The summed E-state index contributed by atoms with van der Waals surface area (Å²) in [5.74, 6) is -0.270. The molecule has 0 radical (unpaired) electrons. The number of amides is 1. The van der Waals surface area contributed by atoms with Crippen molar-refractivity contribution in [2.24, 2.45) is 0 Å². The lowest BCUT2D eigenvalue weighted by atomic mass is 10.2. The minimum absolute atomic E-state index is 0.212. The number of benzene rings is 3. The fourth-order valence-corrected chi connectivity index (χ4v) is 4.10. The maximum atomic E-state index is 12.7. The number of sulfonamides is 1. The molecule has 5 nitrogen and oxygen atoms in total. The van der Waals surface area contributed by atoms with Gasteiger partial charge >= 0.3 is 0 Å². The van der Waals surface area contributed by atoms with Gasteiger partial charge in [0.2, 0.25) is 0 Å². The molecule has 0 atom stereocenters. The molecule has 0 aliphatic heterocycles. The van der Waals surface area contributed by atoms with E-state index in [0.29, 0.717) is 16.9 Å². The van der Waals surface area contributed by atoms with Gasteiger partial charge < -0.3 is 5.32 Å². The summed E-state index contributed by atoms with van der Waals surface area (Å²) >= 11 is 3.36. The van der Waals surface area contributed by atoms with Crippen molar-refractivity contribution in [2.45, 2.75) is 4.90 Å². The summed E-state index contributed by atoms with van der Waals surface area (Å²) in [5.41, 5.74) is 1.57. The summed E-state index contributed by atoms with van der Waals surface area (Å²) in [5, 5.41) is 2.80. The van der Waals surface area contributed by atoms with Crippen molar-refractivity contribution in [3.63, 3.8) is 0 Å². The second kappa shape index (κ2) is 7.94. The normalized spacial score (nSPS) is 11.0. The predicted octanol–water partition coefficient (Wildman–Crippen LogP) is 4.53. The molecule has 0 bridgehead atoms. The van der Waals surface area contributed by atoms with Crippen LogP contribution < -0.4 is 9.62 Å². The van der Waals surface area contributed by atoms with Gasteiger partial charge in [-0.25, -0.2) is 8.42 Å². The number of carbonyl (C=O) groups excluding carboxylic acids is 1. The van der Waals surface area contributed by atoms with Gasteiger partial charge in [0.05, 0.1) is 10.6 Å². The zero-order chi connectivity index (χ0) is 19.4. The van der Waals surface area contributed by atoms with Crippen LogP contribution in [0.5, 0.6) is 0 Å². The molecule has 0 aliphatic carbocycles. The van der Waals surface area contributed by atoms with Gasteiger partial charge in [-0.15, -0.1) is 0 Å². The Hall–Kier alpha value is -2.64. The van der Waals surface area contributed by atoms with E-state index >= 15 is 0 Å². The Morgan fingerprint density at radius 1 is 0.926 bits per heavy atom. The van der Waals surface area contributed by atoms with Crippen LogP contribution >= 0.6 is 15.9 Å². The molecule has 7 heteroatoms. The third-order valence-electron chi connectivity index (χ3n) is 3.98. The Labute approximate surface area is 166 Å². The van der Waals surface area contributed by atoms with E-state index in [1.54, 1.807) is 66.7 Å². The Balaban J connectivity index is 1.77. The first-order valence-corrected chi connectivity index (χ1v) is 10.3. The van der Waals surface area contributed by atoms with Gasteiger partial charge in [0.25, 0.3) is 15.9 Å². The number of nitrogens with one attached hydrogen (secondary N) is 1. The first-order chi connectivity index (χ1) is 12.9. The van der Waals surface area contributed by atoms with Crippen molar-refractivity contribution in [1.29, 1.82) is 0 Å². The SMILES string of the molecule is CN(c1ccc(C(=O)Nc2cccc(Br)c2)cc1)S(=O)(=O)c1ccccc1. The smallest absolute Gasteiger partial charge is 0.264 e. The number of anilines is 2. The third kappa shape index (κ3) is 4.37. The quantitative estimate of drug-likeness (QED) is 0.628. The highest BCUT2D eigenvalue weighted by atomic mass is 79.9. The van der Waals surface area contributed by atoms with E-state index in [0.717, 1.165) is 4.47 Å². The number of rotatable bonds is 5. The topological polar surface area (TPSA) is 66.5 Å². The van der Waals surface area contributed by atoms with Crippen molar-refractivity contribution < 1.29 is 13.2 Å². The Bertz CT molecular complexity index is 1050. The fourth-order valence-electron chi connectivity index (χ4n) is 2.48. The monoisotopic (exact) mass is 444 g/mol. The molecule has 0 fully saturated rings. The van der Waals surface area contributed by atoms with Crippen LogP contribution in [0, 0.1) is 0 Å². The van der Waals surface area contributed by atoms with Crippen molar-refractivity contribution in [2.75, 3.05) is 16.7 Å². The van der Waals surface area contributed by atoms with E-state index in [1.807, 2.05) is 12.1 Å². The summed E-state index contributed by atoms with van der Waals surface area (Å²) in [6.07, 6.45) is 0. The van der Waals surface area contributed by atoms with Crippen LogP contribution in [0.25, 0.3) is 0 Å². The largest absolute Gasteiger partial charge is 0.322 e. The second-order valence-corrected chi connectivity index (χ2v) is 8.68. The molecule has 3 aromatic carbocycles. The highest BCUT2D eigenvalue weighted by Gasteiger charge is 2.21. The van der Waals surface area contributed by atoms with E-state index in [1.165, 1.54) is 11.4 Å². The van der Waals surface area contributed by atoms with Crippen molar-refractivity contribution >= 4 is 43.2 Å². The van der Waals surface area contributed by atoms with Crippen LogP contribution in [0.1, 0.15) is 10.4 Å². The van der Waals surface area contributed by atoms with Crippen LogP contribution in [-0.4, -0.2) is 21.4 Å². The summed E-state index contributed by atoms with van der Waals surface area (Å²) in [6.45, 7) is 0. The van der Waals surface area contributed by atoms with Crippen LogP contribution in [0.2, 0.25) is 0 Å². The standard InChI is InChI=1S/C20H17BrN2O3S/c1-23(27(25,26)19-8-3-2-4-9-19)18-12-10-15(11-13-18)20(24)22-17-7-5-6-16(21)14-17/h2-14H,1H3,(H,22,24). The van der Waals surface area contributed by atoms with Crippen molar-refractivity contribution in [3.8, 4) is 0 Å². The van der Waals surface area contributed by atoms with E-state index < -0.39 is 10.0 Å². The lowest BCUT2D eigenvalue weighted by Gasteiger charge is -2.19. The second-order valence-electron chi connectivity index (χ2n) is 5.80. The molecule has 1 N–H and O–H groups in total. The molecule has 3 rings (SSSR count). The van der Waals surface area contributed by atoms with E-state index in [9.17, 15) is 13.2 Å². The molecular formula is C20H17BrN2O3S. The number of hydrogen-bond donors (Lipinski definition) is 1. The fraction of sp³-hybridized carbons (Fsp3) is 0.0500. The van der Waals surface area contributed by atoms with Crippen LogP contribution in [-0.2, 0) is 10.0 Å². The highest BCUT2D eigenvalue weighted by molar-refractivity contribution is 9.10. The average molecular weight is 445 g/mol. The molecule has 0 aromatic heterocycles. The first kappa shape index (κ1) is 19.1. The molecule has 3 aromatic rings. The van der Waals surface area contributed by atoms with Crippen molar-refractivity contribution in [3.05, 3.63) is 88.9 Å². The average Bonchev–Trinajstić information content (AvgIpc) is 2.68. The minimum Gasteiger partial charge on any atom is -0.322 e. The number of carbonyl (C=O) groups is 1. The third-order valence-corrected chi connectivity index (χ3v) is 6.27. The first-order valence-electron chi connectivity index (χ1n) is 8.09. The maximum absolute atomic E-state index is 12.7. The Kier molecular flexibility index (Phi) is 5.62. The molecule has 0 heterocycles. The van der Waals surface area contributed by atoms with E-state index in [2.05, 4.69) is 21.2 Å². The number of hydrogen-bond acceptors (Lipinski definition) is 3. The van der Waals surface area contributed by atoms with E-state index in [4.69, 9.17) is 0 Å². The summed E-state index contributed by atoms with van der Waals surface area (Å²) in [6, 6.07) is 21.9. The molecule has 138 valence electrons. The highest BCUT2D eigenvalue weighted by Crippen LogP contribution is 2.23. The molecule has 0 spiro atoms. The van der Waals surface area contributed by atoms with Gasteiger partial charge in [-0.05, 0) is 54.6 Å². The van der Waals surface area contributed by atoms with Gasteiger partial charge in [-0.2, -0.15) is 0 Å². The Morgan fingerprint density at radius 3 is 2.22 bits per heavy atom. The molecule has 0 saturated carbocycles. The Morgan fingerprint density at radius 2 is 1.59 bits per heavy atom. The van der Waals surface area contributed by atoms with Gasteiger partial charge in [-0.3, -0.25) is 9.10 Å². The molecular weight excluding hydrogens is 428 g/mol. The number of nitrogens with zero attached hydrogens (tertiary/aromatic N) is 1. The molecule has 1 amide bonds. The van der Waals surface area contributed by atoms with Gasteiger partial charge in [0.1, 0.15) is 0 Å². The zero-order valence-corrected chi connectivity index (χ0v) is 16.9. The predicted molar refractivity (Wildman–Crippen MR) is 111 cm³/mol. The minimum atomic E-state index is -3.65. The lowest BCUT2D eigenvalue weighted by molar-refractivity contribution is 0.102. The van der Waals surface area contributed by atoms with Gasteiger partial charge in [-0.1, -0.05) is 40.2 Å². The molecule has 27 heavy (non-hydrogen) atoms. The lowest BCUT2D eigenvalue weighted by Crippen LogP contribution is -2.26. The van der Waals surface area contributed by atoms with Crippen molar-refractivity contribution in [1.82, 2.24) is 0 Å². The number of halogens is 1. The molecule has 0 aliphatic rings. The molecule has 0 unspecified atom stereocenters. The summed E-state index contributed by atoms with van der Waals surface area (Å²) in [7, 11) is -2.17. The molecule has 0 saturated heterocycles. The van der Waals surface area contributed by atoms with Crippen LogP contribution in [0.3, 0.4) is 0 Å². The van der Waals surface area contributed by atoms with Gasteiger partial charge in [0.15, 0.2) is 0 Å². The van der Waals surface area contributed by atoms with Gasteiger partial charge in [0, 0.05) is 22.8 Å². The summed E-state index contributed by atoms with van der Waals surface area (Å²) in [4.78, 5) is 12.6. The maximum Gasteiger partial charge on any atom is 0.264 e. The van der Waals surface area contributed by atoms with E-state index in [-0.39, 0.29) is 10.8 Å². The van der Waals surface area contributed by atoms with Crippen LogP contribution in [0.4, 0.5) is 11.4 Å². The zero-order valence-electron chi connectivity index (χ0n) is 14.5.